The van der Waals surface area contributed by atoms with E-state index in [1.165, 1.54) is 19.3 Å². The Kier molecular flexibility index (Phi) is 9.83. The van der Waals surface area contributed by atoms with Crippen molar-refractivity contribution < 1.29 is 14.4 Å². The fraction of sp³-hybridized carbons (Fsp3) is 0.500. The third-order valence-electron chi connectivity index (χ3n) is 9.28. The van der Waals surface area contributed by atoms with E-state index in [0.717, 1.165) is 72.3 Å². The first-order valence-corrected chi connectivity index (χ1v) is 19.6. The Bertz CT molecular complexity index is 1720. The molecule has 1 saturated carbocycles. The molecular weight excluding hydrogens is 609 g/mol. The van der Waals surface area contributed by atoms with E-state index in [9.17, 15) is 9.67 Å². The van der Waals surface area contributed by atoms with Crippen molar-refractivity contribution in [3.8, 4) is 5.75 Å². The second-order valence-corrected chi connectivity index (χ2v) is 17.4. The van der Waals surface area contributed by atoms with E-state index in [1.807, 2.05) is 50.4 Å². The summed E-state index contributed by atoms with van der Waals surface area (Å²) >= 11 is 0. The normalized spacial score (nSPS) is 17.0. The minimum atomic E-state index is -2.52. The van der Waals surface area contributed by atoms with Crippen molar-refractivity contribution in [1.82, 2.24) is 19.9 Å². The zero-order valence-electron chi connectivity index (χ0n) is 28.4. The average molecular weight is 660 g/mol. The molecule has 1 aliphatic carbocycles. The van der Waals surface area contributed by atoms with Gasteiger partial charge in [0.2, 0.25) is 5.95 Å². The molecule has 2 aromatic heterocycles. The number of benzene rings is 2. The highest BCUT2D eigenvalue weighted by molar-refractivity contribution is 7.70. The summed E-state index contributed by atoms with van der Waals surface area (Å²) < 4.78 is 19.8. The number of fused-ring (bicyclic) bond motifs is 1. The molecule has 0 unspecified atom stereocenters. The Labute approximate surface area is 278 Å². The number of hydrogen-bond acceptors (Lipinski definition) is 9. The van der Waals surface area contributed by atoms with Crippen LogP contribution in [-0.2, 0) is 4.57 Å². The van der Waals surface area contributed by atoms with Gasteiger partial charge in [0.15, 0.2) is 0 Å². The topological polar surface area (TPSA) is 119 Å². The van der Waals surface area contributed by atoms with Crippen LogP contribution in [0.2, 0.25) is 0 Å². The number of H-pyrrole nitrogens is 1. The molecule has 252 valence electrons. The minimum absolute atomic E-state index is 0.212. The quantitative estimate of drug-likeness (QED) is 0.125. The molecule has 4 aromatic rings. The van der Waals surface area contributed by atoms with Gasteiger partial charge < -0.3 is 39.8 Å². The minimum Gasteiger partial charge on any atom is -0.488 e. The monoisotopic (exact) mass is 659 g/mol. The molecule has 10 nitrogen and oxygen atoms in total. The number of nitrogens with zero attached hydrogens (tertiary/aromatic N) is 4. The summed E-state index contributed by atoms with van der Waals surface area (Å²) in [5.41, 5.74) is 2.74. The lowest BCUT2D eigenvalue weighted by atomic mass is 9.97. The third kappa shape index (κ3) is 8.29. The summed E-state index contributed by atoms with van der Waals surface area (Å²) in [6.07, 6.45) is 9.95. The predicted octanol–water partition coefficient (Wildman–Crippen LogP) is 7.08. The van der Waals surface area contributed by atoms with Crippen LogP contribution >= 0.6 is 7.14 Å². The zero-order chi connectivity index (χ0) is 33.2. The molecule has 0 bridgehead atoms. The van der Waals surface area contributed by atoms with Crippen molar-refractivity contribution >= 4 is 52.3 Å². The van der Waals surface area contributed by atoms with E-state index in [-0.39, 0.29) is 6.10 Å². The standard InChI is InChI=1S/C36H50N7O3P/c1-36(2,44)24-42(3)26-18-21-43(22-19-26)30-16-15-25(23-31(30)46-27-11-7-6-8-12-27)38-35-40-33-28(17-20-37-33)34(41-35)39-29-13-9-10-14-32(29)47(4,5)45/h9-10,13-17,20,23,26-27,44H,6-8,11-12,18-19,21-22,24H2,1-5H3,(H3,37,38,39,40,41). The van der Waals surface area contributed by atoms with Crippen LogP contribution in [0.5, 0.6) is 5.75 Å². The van der Waals surface area contributed by atoms with Crippen molar-refractivity contribution in [1.29, 1.82) is 0 Å². The molecule has 2 fully saturated rings. The largest absolute Gasteiger partial charge is 0.488 e. The number of likely N-dealkylation sites (N-methyl/N-ethyl adjacent to an activating group) is 1. The number of hydrogen-bond donors (Lipinski definition) is 4. The van der Waals surface area contributed by atoms with Gasteiger partial charge in [0.25, 0.3) is 0 Å². The maximum atomic E-state index is 13.0. The Morgan fingerprint density at radius 2 is 1.77 bits per heavy atom. The SMILES string of the molecule is CN(CC(C)(C)O)C1CCN(c2ccc(Nc3nc(Nc4ccccc4P(C)(C)=O)c4cc[nH]c4n3)cc2OC2CCCCC2)CC1. The van der Waals surface area contributed by atoms with E-state index >= 15 is 0 Å². The van der Waals surface area contributed by atoms with Crippen LogP contribution in [0.3, 0.4) is 0 Å². The number of nitrogens with one attached hydrogen (secondary N) is 3. The van der Waals surface area contributed by atoms with E-state index in [1.54, 1.807) is 13.3 Å². The lowest BCUT2D eigenvalue weighted by Gasteiger charge is -2.40. The van der Waals surface area contributed by atoms with Crippen LogP contribution in [0.4, 0.5) is 28.8 Å². The van der Waals surface area contributed by atoms with Gasteiger partial charge >= 0.3 is 0 Å². The third-order valence-corrected chi connectivity index (χ3v) is 10.8. The fourth-order valence-electron chi connectivity index (χ4n) is 7.00. The van der Waals surface area contributed by atoms with E-state index in [2.05, 4.69) is 50.7 Å². The molecule has 0 atom stereocenters. The Balaban J connectivity index is 1.25. The molecule has 1 saturated heterocycles. The lowest BCUT2D eigenvalue weighted by Crippen LogP contribution is -2.47. The van der Waals surface area contributed by atoms with Crippen LogP contribution in [0, 0.1) is 0 Å². The molecule has 0 spiro atoms. The highest BCUT2D eigenvalue weighted by Crippen LogP contribution is 2.40. The lowest BCUT2D eigenvalue weighted by molar-refractivity contribution is 0.0274. The molecule has 0 radical (unpaired) electrons. The second kappa shape index (κ2) is 13.9. The van der Waals surface area contributed by atoms with Gasteiger partial charge in [-0.25, -0.2) is 0 Å². The van der Waals surface area contributed by atoms with Crippen molar-refractivity contribution in [2.75, 3.05) is 55.5 Å². The molecule has 6 rings (SSSR count). The highest BCUT2D eigenvalue weighted by Gasteiger charge is 2.28. The summed E-state index contributed by atoms with van der Waals surface area (Å²) in [6, 6.07) is 16.4. The second-order valence-electron chi connectivity index (χ2n) is 14.3. The summed E-state index contributed by atoms with van der Waals surface area (Å²) in [6.45, 7) is 9.82. The van der Waals surface area contributed by atoms with Gasteiger partial charge in [0, 0.05) is 48.9 Å². The van der Waals surface area contributed by atoms with Crippen LogP contribution in [0.15, 0.2) is 54.7 Å². The summed E-state index contributed by atoms with van der Waals surface area (Å²) in [5.74, 6) is 1.97. The van der Waals surface area contributed by atoms with Crippen LogP contribution < -0.4 is 25.6 Å². The van der Waals surface area contributed by atoms with Gasteiger partial charge in [-0.05, 0) is 103 Å². The van der Waals surface area contributed by atoms with Gasteiger partial charge in [-0.15, -0.1) is 0 Å². The highest BCUT2D eigenvalue weighted by atomic mass is 31.2. The summed E-state index contributed by atoms with van der Waals surface area (Å²) in [7, 11) is -0.400. The molecule has 4 N–H and O–H groups in total. The maximum Gasteiger partial charge on any atom is 0.231 e. The molecule has 11 heteroatoms. The van der Waals surface area contributed by atoms with Crippen molar-refractivity contribution in [2.24, 2.45) is 0 Å². The van der Waals surface area contributed by atoms with Gasteiger partial charge in [-0.1, -0.05) is 18.6 Å². The molecule has 3 heterocycles. The molecule has 2 aromatic carbocycles. The molecule has 47 heavy (non-hydrogen) atoms. The number of aromatic nitrogens is 3. The molecule has 0 amide bonds. The number of piperidine rings is 1. The number of para-hydroxylation sites is 1. The van der Waals surface area contributed by atoms with E-state index in [0.29, 0.717) is 30.0 Å². The first-order chi connectivity index (χ1) is 22.4. The number of aromatic amines is 1. The first kappa shape index (κ1) is 33.3. The van der Waals surface area contributed by atoms with E-state index < -0.39 is 12.7 Å². The summed E-state index contributed by atoms with van der Waals surface area (Å²) in [5, 5.41) is 18.9. The van der Waals surface area contributed by atoms with Crippen molar-refractivity contribution in [3.63, 3.8) is 0 Å². The van der Waals surface area contributed by atoms with Gasteiger partial charge in [-0.3, -0.25) is 0 Å². The van der Waals surface area contributed by atoms with Gasteiger partial charge in [-0.2, -0.15) is 9.97 Å². The fourth-order valence-corrected chi connectivity index (χ4v) is 8.15. The zero-order valence-corrected chi connectivity index (χ0v) is 29.3. The predicted molar refractivity (Wildman–Crippen MR) is 194 cm³/mol. The number of ether oxygens (including phenoxy) is 1. The first-order valence-electron chi connectivity index (χ1n) is 16.9. The van der Waals surface area contributed by atoms with Crippen LogP contribution in [0.1, 0.15) is 58.8 Å². The van der Waals surface area contributed by atoms with Crippen LogP contribution in [-0.4, -0.2) is 82.7 Å². The van der Waals surface area contributed by atoms with E-state index in [4.69, 9.17) is 14.7 Å². The Morgan fingerprint density at radius 1 is 1.02 bits per heavy atom. The van der Waals surface area contributed by atoms with Crippen molar-refractivity contribution in [3.05, 3.63) is 54.7 Å². The molecule has 1 aliphatic heterocycles. The van der Waals surface area contributed by atoms with Gasteiger partial charge in [0.05, 0.1) is 28.5 Å². The van der Waals surface area contributed by atoms with Crippen LogP contribution in [0.25, 0.3) is 11.0 Å². The average Bonchev–Trinajstić information content (AvgIpc) is 3.50. The Morgan fingerprint density at radius 3 is 2.49 bits per heavy atom. The smallest absolute Gasteiger partial charge is 0.231 e. The molecule has 2 aliphatic rings. The number of rotatable bonds is 11. The maximum absolute atomic E-state index is 13.0. The summed E-state index contributed by atoms with van der Waals surface area (Å²) in [4.78, 5) is 17.6. The molecular formula is C36H50N7O3P. The van der Waals surface area contributed by atoms with Gasteiger partial charge in [0.1, 0.15) is 24.4 Å². The number of aliphatic hydroxyl groups is 1. The number of anilines is 5. The van der Waals surface area contributed by atoms with Crippen molar-refractivity contribution in [2.45, 2.75) is 76.5 Å². The Hall–Kier alpha value is -3.59.